The number of nitrogens with zero attached hydrogens (tertiary/aromatic N) is 2. The lowest BCUT2D eigenvalue weighted by molar-refractivity contribution is 0.0521. The zero-order chi connectivity index (χ0) is 18.8. The summed E-state index contributed by atoms with van der Waals surface area (Å²) < 4.78 is 5.94. The summed E-state index contributed by atoms with van der Waals surface area (Å²) in [7, 11) is 0. The summed E-state index contributed by atoms with van der Waals surface area (Å²) in [6.45, 7) is 2.07. The molecule has 136 valence electrons. The number of aromatic amines is 1. The minimum absolute atomic E-state index is 0.257. The predicted octanol–water partition coefficient (Wildman–Crippen LogP) is 5.11. The lowest BCUT2D eigenvalue weighted by atomic mass is 10.1. The Labute approximate surface area is 165 Å². The Bertz CT molecular complexity index is 1090. The number of thiophene rings is 1. The van der Waals surface area contributed by atoms with E-state index in [-0.39, 0.29) is 5.69 Å². The Morgan fingerprint density at radius 3 is 2.74 bits per heavy atom. The van der Waals surface area contributed by atoms with Crippen LogP contribution < -0.4 is 0 Å². The molecule has 0 bridgehead atoms. The largest absolute Gasteiger partial charge is 0.461 e. The highest BCUT2D eigenvalue weighted by Gasteiger charge is 2.20. The maximum absolute atomic E-state index is 12.3. The van der Waals surface area contributed by atoms with Crippen molar-refractivity contribution < 1.29 is 9.53 Å². The Morgan fingerprint density at radius 1 is 1.22 bits per heavy atom. The standard InChI is InChI=1S/C20H16ClN3O2S/c1-2-26-20(25)18-19-15(16(23-24-18)10-14-4-3-9-22-14)11-17(27-19)12-5-7-13(21)8-6-12/h3-9,11,22H,2,10H2,1H3. The molecule has 3 heterocycles. The molecule has 5 nitrogen and oxygen atoms in total. The van der Waals surface area contributed by atoms with Gasteiger partial charge >= 0.3 is 5.97 Å². The first-order valence-electron chi connectivity index (χ1n) is 8.50. The molecule has 3 aromatic heterocycles. The fraction of sp³-hybridized carbons (Fsp3) is 0.150. The van der Waals surface area contributed by atoms with Crippen LogP contribution in [-0.4, -0.2) is 27.8 Å². The van der Waals surface area contributed by atoms with Crippen molar-refractivity contribution in [3.63, 3.8) is 0 Å². The summed E-state index contributed by atoms with van der Waals surface area (Å²) in [5.74, 6) is -0.453. The summed E-state index contributed by atoms with van der Waals surface area (Å²) in [5.41, 5.74) is 3.14. The number of nitrogens with one attached hydrogen (secondary N) is 1. The van der Waals surface area contributed by atoms with Crippen molar-refractivity contribution in [2.75, 3.05) is 6.61 Å². The lowest BCUT2D eigenvalue weighted by Crippen LogP contribution is -2.09. The Balaban J connectivity index is 1.85. The van der Waals surface area contributed by atoms with Gasteiger partial charge in [-0.2, -0.15) is 5.10 Å². The molecule has 0 saturated heterocycles. The van der Waals surface area contributed by atoms with E-state index in [4.69, 9.17) is 16.3 Å². The Hall–Kier alpha value is -2.70. The van der Waals surface area contributed by atoms with Gasteiger partial charge in [0, 0.05) is 33.6 Å². The molecule has 0 atom stereocenters. The number of rotatable bonds is 5. The number of ether oxygens (including phenoxy) is 1. The van der Waals surface area contributed by atoms with E-state index in [1.807, 2.05) is 42.6 Å². The number of halogens is 1. The molecular formula is C20H16ClN3O2S. The predicted molar refractivity (Wildman–Crippen MR) is 107 cm³/mol. The molecule has 4 rings (SSSR count). The second-order valence-corrected chi connectivity index (χ2v) is 7.44. The zero-order valence-corrected chi connectivity index (χ0v) is 16.1. The normalized spacial score (nSPS) is 11.0. The molecule has 27 heavy (non-hydrogen) atoms. The van der Waals surface area contributed by atoms with Crippen LogP contribution in [0.3, 0.4) is 0 Å². The summed E-state index contributed by atoms with van der Waals surface area (Å²) in [6.07, 6.45) is 2.48. The molecule has 1 aromatic carbocycles. The van der Waals surface area contributed by atoms with E-state index < -0.39 is 5.97 Å². The fourth-order valence-corrected chi connectivity index (χ4v) is 4.15. The summed E-state index contributed by atoms with van der Waals surface area (Å²) in [6, 6.07) is 13.6. The number of benzene rings is 1. The monoisotopic (exact) mass is 397 g/mol. The molecule has 0 radical (unpaired) electrons. The number of hydrogen-bond acceptors (Lipinski definition) is 5. The van der Waals surface area contributed by atoms with E-state index in [2.05, 4.69) is 21.2 Å². The second kappa shape index (κ2) is 7.50. The van der Waals surface area contributed by atoms with Crippen LogP contribution in [0.1, 0.15) is 28.8 Å². The Morgan fingerprint density at radius 2 is 2.04 bits per heavy atom. The van der Waals surface area contributed by atoms with Gasteiger partial charge in [0.1, 0.15) is 0 Å². The summed E-state index contributed by atoms with van der Waals surface area (Å²) >= 11 is 7.51. The SMILES string of the molecule is CCOC(=O)c1nnc(Cc2ccc[nH]2)c2cc(-c3ccc(Cl)cc3)sc12. The average molecular weight is 398 g/mol. The van der Waals surface area contributed by atoms with Crippen molar-refractivity contribution in [1.29, 1.82) is 0 Å². The number of aromatic nitrogens is 3. The average Bonchev–Trinajstić information content (AvgIpc) is 3.32. The van der Waals surface area contributed by atoms with Gasteiger partial charge in [0.15, 0.2) is 5.69 Å². The highest BCUT2D eigenvalue weighted by Crippen LogP contribution is 2.37. The molecule has 0 saturated carbocycles. The molecule has 7 heteroatoms. The van der Waals surface area contributed by atoms with Crippen LogP contribution in [0.25, 0.3) is 20.5 Å². The first-order valence-corrected chi connectivity index (χ1v) is 9.69. The smallest absolute Gasteiger partial charge is 0.360 e. The third kappa shape index (κ3) is 3.59. The van der Waals surface area contributed by atoms with Crippen LogP contribution in [0.5, 0.6) is 0 Å². The van der Waals surface area contributed by atoms with Crippen LogP contribution >= 0.6 is 22.9 Å². The minimum Gasteiger partial charge on any atom is -0.461 e. The third-order valence-corrected chi connectivity index (χ3v) is 5.59. The molecule has 0 aliphatic carbocycles. The zero-order valence-electron chi connectivity index (χ0n) is 14.5. The molecule has 0 aliphatic rings. The van der Waals surface area contributed by atoms with Crippen molar-refractivity contribution in [3.05, 3.63) is 70.8 Å². The van der Waals surface area contributed by atoms with E-state index in [0.29, 0.717) is 18.1 Å². The topological polar surface area (TPSA) is 67.9 Å². The van der Waals surface area contributed by atoms with Gasteiger partial charge in [-0.25, -0.2) is 4.79 Å². The van der Waals surface area contributed by atoms with Crippen molar-refractivity contribution in [2.24, 2.45) is 0 Å². The third-order valence-electron chi connectivity index (χ3n) is 4.15. The molecule has 4 aromatic rings. The van der Waals surface area contributed by atoms with E-state index >= 15 is 0 Å². The van der Waals surface area contributed by atoms with Gasteiger partial charge in [0.05, 0.1) is 17.0 Å². The van der Waals surface area contributed by atoms with Gasteiger partial charge in [0.25, 0.3) is 0 Å². The molecule has 0 fully saturated rings. The van der Waals surface area contributed by atoms with Gasteiger partial charge in [-0.05, 0) is 42.8 Å². The van der Waals surface area contributed by atoms with Gasteiger partial charge < -0.3 is 9.72 Å². The van der Waals surface area contributed by atoms with Crippen LogP contribution in [0.2, 0.25) is 5.02 Å². The number of carbonyl (C=O) groups excluding carboxylic acids is 1. The van der Waals surface area contributed by atoms with Crippen molar-refractivity contribution in [2.45, 2.75) is 13.3 Å². The van der Waals surface area contributed by atoms with Crippen molar-refractivity contribution >= 4 is 39.0 Å². The molecular weight excluding hydrogens is 382 g/mol. The van der Waals surface area contributed by atoms with Crippen LogP contribution in [-0.2, 0) is 11.2 Å². The van der Waals surface area contributed by atoms with Crippen molar-refractivity contribution in [3.8, 4) is 10.4 Å². The number of fused-ring (bicyclic) bond motifs is 1. The molecule has 0 spiro atoms. The van der Waals surface area contributed by atoms with Crippen LogP contribution in [0.4, 0.5) is 0 Å². The number of esters is 1. The number of carbonyl (C=O) groups is 1. The lowest BCUT2D eigenvalue weighted by Gasteiger charge is -2.04. The maximum Gasteiger partial charge on any atom is 0.360 e. The van der Waals surface area contributed by atoms with Crippen molar-refractivity contribution in [1.82, 2.24) is 15.2 Å². The van der Waals surface area contributed by atoms with E-state index in [1.54, 1.807) is 6.92 Å². The van der Waals surface area contributed by atoms with E-state index in [1.165, 1.54) is 11.3 Å². The van der Waals surface area contributed by atoms with Crippen LogP contribution in [0.15, 0.2) is 48.7 Å². The van der Waals surface area contributed by atoms with Gasteiger partial charge in [-0.15, -0.1) is 16.4 Å². The van der Waals surface area contributed by atoms with Crippen LogP contribution in [0, 0.1) is 0 Å². The number of H-pyrrole nitrogens is 1. The summed E-state index contributed by atoms with van der Waals surface area (Å²) in [5, 5.41) is 10.1. The first-order chi connectivity index (χ1) is 13.2. The van der Waals surface area contributed by atoms with Gasteiger partial charge in [-0.3, -0.25) is 0 Å². The van der Waals surface area contributed by atoms with Gasteiger partial charge in [0.2, 0.25) is 0 Å². The Kier molecular flexibility index (Phi) is 4.92. The highest BCUT2D eigenvalue weighted by atomic mass is 35.5. The fourth-order valence-electron chi connectivity index (χ4n) is 2.87. The maximum atomic E-state index is 12.3. The highest BCUT2D eigenvalue weighted by molar-refractivity contribution is 7.22. The molecule has 1 N–H and O–H groups in total. The molecule has 0 unspecified atom stereocenters. The van der Waals surface area contributed by atoms with E-state index in [0.717, 1.165) is 31.9 Å². The quantitative estimate of drug-likeness (QED) is 0.475. The molecule has 0 amide bonds. The minimum atomic E-state index is -0.453. The summed E-state index contributed by atoms with van der Waals surface area (Å²) in [4.78, 5) is 16.5. The molecule has 0 aliphatic heterocycles. The first kappa shape index (κ1) is 17.7. The van der Waals surface area contributed by atoms with Gasteiger partial charge in [-0.1, -0.05) is 23.7 Å². The number of hydrogen-bond donors (Lipinski definition) is 1. The second-order valence-electron chi connectivity index (χ2n) is 5.95. The van der Waals surface area contributed by atoms with E-state index in [9.17, 15) is 4.79 Å².